The van der Waals surface area contributed by atoms with Crippen molar-refractivity contribution in [3.8, 4) is 11.5 Å². The molecule has 1 aliphatic heterocycles. The fourth-order valence-electron chi connectivity index (χ4n) is 2.63. The van der Waals surface area contributed by atoms with Crippen LogP contribution >= 0.6 is 0 Å². The summed E-state index contributed by atoms with van der Waals surface area (Å²) in [5.41, 5.74) is 2.59. The number of ether oxygens (including phenoxy) is 2. The molecular formula is C20H22N2O4. The third kappa shape index (κ3) is 3.96. The van der Waals surface area contributed by atoms with Crippen LogP contribution in [0.5, 0.6) is 11.5 Å². The molecule has 0 aromatic heterocycles. The SMILES string of the molecule is C/C(=N/OCC(=O)N(C)C(C)c1ccccc1)c1ccc2c(c1)OCO2. The van der Waals surface area contributed by atoms with E-state index in [1.54, 1.807) is 11.9 Å². The monoisotopic (exact) mass is 354 g/mol. The highest BCUT2D eigenvalue weighted by atomic mass is 16.7. The second-order valence-electron chi connectivity index (χ2n) is 6.11. The molecule has 6 heteroatoms. The fraction of sp³-hybridized carbons (Fsp3) is 0.300. The van der Waals surface area contributed by atoms with E-state index < -0.39 is 0 Å². The number of hydrogen-bond acceptors (Lipinski definition) is 5. The predicted octanol–water partition coefficient (Wildman–Crippen LogP) is 3.38. The van der Waals surface area contributed by atoms with Gasteiger partial charge in [-0.15, -0.1) is 0 Å². The lowest BCUT2D eigenvalue weighted by atomic mass is 10.1. The van der Waals surface area contributed by atoms with E-state index in [0.717, 1.165) is 11.1 Å². The third-order valence-corrected chi connectivity index (χ3v) is 4.44. The lowest BCUT2D eigenvalue weighted by Gasteiger charge is -2.24. The maximum absolute atomic E-state index is 12.3. The molecule has 0 fully saturated rings. The van der Waals surface area contributed by atoms with Gasteiger partial charge in [-0.1, -0.05) is 35.5 Å². The largest absolute Gasteiger partial charge is 0.454 e. The van der Waals surface area contributed by atoms with E-state index in [0.29, 0.717) is 17.2 Å². The van der Waals surface area contributed by atoms with Gasteiger partial charge in [-0.05, 0) is 37.6 Å². The zero-order chi connectivity index (χ0) is 18.5. The van der Waals surface area contributed by atoms with Crippen molar-refractivity contribution in [1.29, 1.82) is 0 Å². The van der Waals surface area contributed by atoms with Crippen LogP contribution in [0.15, 0.2) is 53.7 Å². The summed E-state index contributed by atoms with van der Waals surface area (Å²) < 4.78 is 10.6. The summed E-state index contributed by atoms with van der Waals surface area (Å²) in [4.78, 5) is 19.2. The second-order valence-corrected chi connectivity index (χ2v) is 6.11. The molecule has 26 heavy (non-hydrogen) atoms. The Balaban J connectivity index is 1.56. The normalized spacial score (nSPS) is 14.0. The lowest BCUT2D eigenvalue weighted by molar-refractivity contribution is -0.136. The molecule has 1 unspecified atom stereocenters. The highest BCUT2D eigenvalue weighted by molar-refractivity contribution is 5.99. The van der Waals surface area contributed by atoms with E-state index >= 15 is 0 Å². The van der Waals surface area contributed by atoms with Crippen molar-refractivity contribution < 1.29 is 19.1 Å². The van der Waals surface area contributed by atoms with E-state index in [2.05, 4.69) is 5.16 Å². The van der Waals surface area contributed by atoms with Gasteiger partial charge in [-0.2, -0.15) is 0 Å². The second kappa shape index (κ2) is 7.91. The first-order chi connectivity index (χ1) is 12.6. The van der Waals surface area contributed by atoms with Crippen molar-refractivity contribution in [2.75, 3.05) is 20.4 Å². The van der Waals surface area contributed by atoms with Crippen LogP contribution in [-0.2, 0) is 9.63 Å². The van der Waals surface area contributed by atoms with Gasteiger partial charge in [0.05, 0.1) is 11.8 Å². The van der Waals surface area contributed by atoms with Gasteiger partial charge in [0.1, 0.15) is 0 Å². The number of carbonyl (C=O) groups is 1. The first kappa shape index (κ1) is 17.8. The van der Waals surface area contributed by atoms with Crippen LogP contribution in [-0.4, -0.2) is 37.0 Å². The molecular weight excluding hydrogens is 332 g/mol. The minimum atomic E-state index is -0.136. The van der Waals surface area contributed by atoms with E-state index in [1.165, 1.54) is 0 Å². The maximum Gasteiger partial charge on any atom is 0.263 e. The number of oxime groups is 1. The summed E-state index contributed by atoms with van der Waals surface area (Å²) in [5.74, 6) is 1.27. The number of fused-ring (bicyclic) bond motifs is 1. The van der Waals surface area contributed by atoms with Crippen LogP contribution in [0.3, 0.4) is 0 Å². The van der Waals surface area contributed by atoms with Crippen molar-refractivity contribution >= 4 is 11.6 Å². The molecule has 2 aromatic carbocycles. The average Bonchev–Trinajstić information content (AvgIpc) is 3.15. The van der Waals surface area contributed by atoms with Crippen molar-refractivity contribution in [2.45, 2.75) is 19.9 Å². The molecule has 0 saturated heterocycles. The molecule has 0 spiro atoms. The van der Waals surface area contributed by atoms with Gasteiger partial charge in [-0.25, -0.2) is 0 Å². The molecule has 0 saturated carbocycles. The Morgan fingerprint density at radius 3 is 2.69 bits per heavy atom. The van der Waals surface area contributed by atoms with Crippen molar-refractivity contribution in [3.05, 3.63) is 59.7 Å². The summed E-state index contributed by atoms with van der Waals surface area (Å²) in [6.07, 6.45) is 0. The number of amides is 1. The quantitative estimate of drug-likeness (QED) is 0.589. The van der Waals surface area contributed by atoms with E-state index in [-0.39, 0.29) is 25.3 Å². The fourth-order valence-corrected chi connectivity index (χ4v) is 2.63. The van der Waals surface area contributed by atoms with Crippen LogP contribution < -0.4 is 9.47 Å². The Bertz CT molecular complexity index is 805. The van der Waals surface area contributed by atoms with Crippen LogP contribution in [0.4, 0.5) is 0 Å². The standard InChI is InChI=1S/C20H22N2O4/c1-14(17-9-10-18-19(11-17)25-13-24-18)21-26-12-20(23)22(3)15(2)16-7-5-4-6-8-16/h4-11,15H,12-13H2,1-3H3/b21-14-. The first-order valence-corrected chi connectivity index (χ1v) is 8.43. The Kier molecular flexibility index (Phi) is 5.41. The molecule has 0 radical (unpaired) electrons. The third-order valence-electron chi connectivity index (χ3n) is 4.44. The Labute approximate surface area is 153 Å². The zero-order valence-corrected chi connectivity index (χ0v) is 15.1. The van der Waals surface area contributed by atoms with Gasteiger partial charge < -0.3 is 19.2 Å². The molecule has 2 aromatic rings. The van der Waals surface area contributed by atoms with Gasteiger partial charge in [-0.3, -0.25) is 4.79 Å². The van der Waals surface area contributed by atoms with Crippen molar-refractivity contribution in [3.63, 3.8) is 0 Å². The van der Waals surface area contributed by atoms with E-state index in [4.69, 9.17) is 14.3 Å². The Morgan fingerprint density at radius 1 is 1.19 bits per heavy atom. The molecule has 1 aliphatic rings. The number of benzene rings is 2. The number of rotatable bonds is 6. The highest BCUT2D eigenvalue weighted by Gasteiger charge is 2.18. The Morgan fingerprint density at radius 2 is 1.92 bits per heavy atom. The summed E-state index contributed by atoms with van der Waals surface area (Å²) in [5, 5.41) is 4.05. The summed E-state index contributed by atoms with van der Waals surface area (Å²) in [6, 6.07) is 15.4. The van der Waals surface area contributed by atoms with E-state index in [1.807, 2.05) is 62.4 Å². The molecule has 1 amide bonds. The number of likely N-dealkylation sites (N-methyl/N-ethyl adjacent to an activating group) is 1. The molecule has 1 atom stereocenters. The van der Waals surface area contributed by atoms with Crippen LogP contribution in [0.2, 0.25) is 0 Å². The van der Waals surface area contributed by atoms with Crippen LogP contribution in [0.25, 0.3) is 0 Å². The molecule has 1 heterocycles. The van der Waals surface area contributed by atoms with Gasteiger partial charge in [0.2, 0.25) is 6.79 Å². The number of nitrogens with zero attached hydrogens (tertiary/aromatic N) is 2. The molecule has 0 bridgehead atoms. The summed E-state index contributed by atoms with van der Waals surface area (Å²) in [7, 11) is 1.76. The minimum Gasteiger partial charge on any atom is -0.454 e. The van der Waals surface area contributed by atoms with Crippen molar-refractivity contribution in [1.82, 2.24) is 4.90 Å². The van der Waals surface area contributed by atoms with Gasteiger partial charge in [0.15, 0.2) is 18.1 Å². The Hall–Kier alpha value is -3.02. The highest BCUT2D eigenvalue weighted by Crippen LogP contribution is 2.32. The molecule has 3 rings (SSSR count). The van der Waals surface area contributed by atoms with E-state index in [9.17, 15) is 4.79 Å². The predicted molar refractivity (Wildman–Crippen MR) is 98.4 cm³/mol. The van der Waals surface area contributed by atoms with Gasteiger partial charge in [0, 0.05) is 12.6 Å². The van der Waals surface area contributed by atoms with Gasteiger partial charge >= 0.3 is 0 Å². The number of carbonyl (C=O) groups excluding carboxylic acids is 1. The van der Waals surface area contributed by atoms with Crippen LogP contribution in [0.1, 0.15) is 31.0 Å². The molecule has 6 nitrogen and oxygen atoms in total. The molecule has 0 aliphatic carbocycles. The first-order valence-electron chi connectivity index (χ1n) is 8.43. The van der Waals surface area contributed by atoms with Crippen molar-refractivity contribution in [2.24, 2.45) is 5.16 Å². The molecule has 136 valence electrons. The van der Waals surface area contributed by atoms with Crippen LogP contribution in [0, 0.1) is 0 Å². The smallest absolute Gasteiger partial charge is 0.263 e. The summed E-state index contributed by atoms with van der Waals surface area (Å²) >= 11 is 0. The molecule has 0 N–H and O–H groups in total. The zero-order valence-electron chi connectivity index (χ0n) is 15.1. The lowest BCUT2D eigenvalue weighted by Crippen LogP contribution is -2.32. The number of hydrogen-bond donors (Lipinski definition) is 0. The minimum absolute atomic E-state index is 0.0359. The summed E-state index contributed by atoms with van der Waals surface area (Å²) in [6.45, 7) is 3.91. The topological polar surface area (TPSA) is 60.4 Å². The average molecular weight is 354 g/mol. The maximum atomic E-state index is 12.3. The van der Waals surface area contributed by atoms with Gasteiger partial charge in [0.25, 0.3) is 5.91 Å².